The summed E-state index contributed by atoms with van der Waals surface area (Å²) in [5, 5.41) is 11.1. The van der Waals surface area contributed by atoms with Gasteiger partial charge in [-0.1, -0.05) is 37.6 Å². The summed E-state index contributed by atoms with van der Waals surface area (Å²) in [6.07, 6.45) is 3.31. The van der Waals surface area contributed by atoms with Gasteiger partial charge in [0.25, 0.3) is 0 Å². The normalized spacial score (nSPS) is 20.9. The Morgan fingerprint density at radius 2 is 2.04 bits per heavy atom. The highest BCUT2D eigenvalue weighted by atomic mass is 16.6. The van der Waals surface area contributed by atoms with E-state index in [1.807, 2.05) is 37.3 Å². The van der Waals surface area contributed by atoms with Crippen molar-refractivity contribution in [3.63, 3.8) is 0 Å². The van der Waals surface area contributed by atoms with Crippen molar-refractivity contribution in [1.82, 2.24) is 0 Å². The third kappa shape index (κ3) is 2.71. The summed E-state index contributed by atoms with van der Waals surface area (Å²) in [6.45, 7) is 4.31. The van der Waals surface area contributed by atoms with Crippen LogP contribution in [0.25, 0.3) is 5.57 Å². The van der Waals surface area contributed by atoms with Crippen LogP contribution in [-0.2, 0) is 23.4 Å². The maximum atomic E-state index is 11.1. The predicted molar refractivity (Wildman–Crippen MR) is 99.3 cm³/mol. The molecule has 0 amide bonds. The highest BCUT2D eigenvalue weighted by molar-refractivity contribution is 5.90. The number of carbonyl (C=O) groups excluding carboxylic acids is 1. The quantitative estimate of drug-likeness (QED) is 0.853. The monoisotopic (exact) mass is 350 g/mol. The number of rotatable bonds is 4. The number of aliphatic hydroxyl groups is 1. The van der Waals surface area contributed by atoms with Gasteiger partial charge in [-0.3, -0.25) is 4.79 Å². The molecule has 4 nitrogen and oxygen atoms in total. The maximum absolute atomic E-state index is 11.1. The van der Waals surface area contributed by atoms with E-state index < -0.39 is 5.79 Å². The van der Waals surface area contributed by atoms with Crippen molar-refractivity contribution in [3.05, 3.63) is 64.2 Å². The summed E-state index contributed by atoms with van der Waals surface area (Å²) in [6, 6.07) is 11.7. The molecule has 2 aromatic rings. The van der Waals surface area contributed by atoms with Crippen LogP contribution in [-0.4, -0.2) is 18.0 Å². The second-order valence-corrected chi connectivity index (χ2v) is 7.02. The summed E-state index contributed by atoms with van der Waals surface area (Å²) in [7, 11) is 0. The fourth-order valence-corrected chi connectivity index (χ4v) is 3.67. The zero-order chi connectivity index (χ0) is 18.3. The topological polar surface area (TPSA) is 55.8 Å². The average molecular weight is 350 g/mol. The SMILES string of the molecule is CCCc1ccc2c(c1)OC(O)(c1ccc3c(c1)OCC(C=O)=C3C)C2. The number of aldehydes is 1. The molecule has 26 heavy (non-hydrogen) atoms. The predicted octanol–water partition coefficient (Wildman–Crippen LogP) is 3.78. The zero-order valence-electron chi connectivity index (χ0n) is 15.0. The van der Waals surface area contributed by atoms with Crippen LogP contribution in [0, 0.1) is 0 Å². The van der Waals surface area contributed by atoms with Gasteiger partial charge in [0.15, 0.2) is 0 Å². The van der Waals surface area contributed by atoms with Crippen molar-refractivity contribution in [2.45, 2.75) is 38.9 Å². The molecule has 0 saturated carbocycles. The van der Waals surface area contributed by atoms with Crippen molar-refractivity contribution < 1.29 is 19.4 Å². The zero-order valence-corrected chi connectivity index (χ0v) is 15.0. The Kier molecular flexibility index (Phi) is 4.08. The molecule has 1 N–H and O–H groups in total. The second-order valence-electron chi connectivity index (χ2n) is 7.02. The number of benzene rings is 2. The van der Waals surface area contributed by atoms with Crippen LogP contribution in [0.1, 0.15) is 42.5 Å². The number of allylic oxidation sites excluding steroid dienone is 1. The Balaban J connectivity index is 1.66. The van der Waals surface area contributed by atoms with Gasteiger partial charge in [-0.05, 0) is 36.6 Å². The largest absolute Gasteiger partial charge is 0.488 e. The molecule has 0 radical (unpaired) electrons. The van der Waals surface area contributed by atoms with Gasteiger partial charge >= 0.3 is 0 Å². The van der Waals surface area contributed by atoms with Crippen LogP contribution in [0.4, 0.5) is 0 Å². The molecule has 134 valence electrons. The van der Waals surface area contributed by atoms with Gasteiger partial charge in [-0.2, -0.15) is 0 Å². The molecule has 0 aromatic heterocycles. The first kappa shape index (κ1) is 16.9. The minimum atomic E-state index is -1.39. The molecule has 2 aliphatic rings. The van der Waals surface area contributed by atoms with Crippen molar-refractivity contribution in [2.24, 2.45) is 0 Å². The number of aryl methyl sites for hydroxylation is 1. The molecule has 0 aliphatic carbocycles. The van der Waals surface area contributed by atoms with Gasteiger partial charge < -0.3 is 14.6 Å². The lowest BCUT2D eigenvalue weighted by Gasteiger charge is -2.26. The minimum absolute atomic E-state index is 0.256. The lowest BCUT2D eigenvalue weighted by Crippen LogP contribution is -2.31. The lowest BCUT2D eigenvalue weighted by atomic mass is 9.94. The highest BCUT2D eigenvalue weighted by Crippen LogP contribution is 2.43. The third-order valence-corrected chi connectivity index (χ3v) is 5.22. The number of carbonyl (C=O) groups is 1. The van der Waals surface area contributed by atoms with E-state index in [-0.39, 0.29) is 6.61 Å². The summed E-state index contributed by atoms with van der Waals surface area (Å²) in [4.78, 5) is 11.1. The molecule has 0 fully saturated rings. The van der Waals surface area contributed by atoms with Crippen LogP contribution < -0.4 is 9.47 Å². The van der Waals surface area contributed by atoms with Crippen molar-refractivity contribution in [1.29, 1.82) is 0 Å². The Morgan fingerprint density at radius 3 is 2.81 bits per heavy atom. The Labute approximate surface area is 153 Å². The fraction of sp³-hybridized carbons (Fsp3) is 0.318. The van der Waals surface area contributed by atoms with Crippen LogP contribution in [0.5, 0.6) is 11.5 Å². The molecule has 0 bridgehead atoms. The maximum Gasteiger partial charge on any atom is 0.239 e. The van der Waals surface area contributed by atoms with E-state index >= 15 is 0 Å². The van der Waals surface area contributed by atoms with Crippen molar-refractivity contribution in [2.75, 3.05) is 6.61 Å². The average Bonchev–Trinajstić information content (AvgIpc) is 2.99. The molecule has 2 aliphatic heterocycles. The number of ether oxygens (including phenoxy) is 2. The van der Waals surface area contributed by atoms with Crippen molar-refractivity contribution in [3.8, 4) is 11.5 Å². The van der Waals surface area contributed by atoms with Gasteiger partial charge in [0.1, 0.15) is 24.4 Å². The van der Waals surface area contributed by atoms with Crippen LogP contribution in [0.3, 0.4) is 0 Å². The van der Waals surface area contributed by atoms with Crippen LogP contribution in [0.2, 0.25) is 0 Å². The van der Waals surface area contributed by atoms with E-state index in [0.717, 1.165) is 41.6 Å². The first-order valence-corrected chi connectivity index (χ1v) is 9.00. The number of hydrogen-bond acceptors (Lipinski definition) is 4. The molecule has 4 rings (SSSR count). The summed E-state index contributed by atoms with van der Waals surface area (Å²) in [5.41, 5.74) is 5.33. The summed E-state index contributed by atoms with van der Waals surface area (Å²) >= 11 is 0. The lowest BCUT2D eigenvalue weighted by molar-refractivity contribution is -0.129. The van der Waals surface area contributed by atoms with Gasteiger partial charge in [0.2, 0.25) is 5.79 Å². The summed E-state index contributed by atoms with van der Waals surface area (Å²) in [5.74, 6) is 0.0235. The molecule has 2 aromatic carbocycles. The molecule has 4 heteroatoms. The molecular weight excluding hydrogens is 328 g/mol. The molecule has 1 atom stereocenters. The fourth-order valence-electron chi connectivity index (χ4n) is 3.67. The Hall–Kier alpha value is -2.59. The van der Waals surface area contributed by atoms with E-state index in [4.69, 9.17) is 9.47 Å². The van der Waals surface area contributed by atoms with Gasteiger partial charge in [-0.25, -0.2) is 0 Å². The highest BCUT2D eigenvalue weighted by Gasteiger charge is 2.40. The van der Waals surface area contributed by atoms with Crippen molar-refractivity contribution >= 4 is 11.9 Å². The van der Waals surface area contributed by atoms with Crippen LogP contribution >= 0.6 is 0 Å². The minimum Gasteiger partial charge on any atom is -0.488 e. The van der Waals surface area contributed by atoms with E-state index in [2.05, 4.69) is 13.0 Å². The number of hydrogen-bond donors (Lipinski definition) is 1. The third-order valence-electron chi connectivity index (χ3n) is 5.22. The second kappa shape index (κ2) is 6.29. The molecular formula is C22H22O4. The van der Waals surface area contributed by atoms with E-state index in [1.54, 1.807) is 0 Å². The van der Waals surface area contributed by atoms with E-state index in [0.29, 0.717) is 23.3 Å². The van der Waals surface area contributed by atoms with Gasteiger partial charge in [0.05, 0.1) is 0 Å². The summed E-state index contributed by atoms with van der Waals surface area (Å²) < 4.78 is 11.7. The van der Waals surface area contributed by atoms with E-state index in [1.165, 1.54) is 5.56 Å². The first-order valence-electron chi connectivity index (χ1n) is 9.00. The smallest absolute Gasteiger partial charge is 0.239 e. The Bertz CT molecular complexity index is 912. The van der Waals surface area contributed by atoms with Crippen LogP contribution in [0.15, 0.2) is 42.0 Å². The Morgan fingerprint density at radius 1 is 1.19 bits per heavy atom. The van der Waals surface area contributed by atoms with Gasteiger partial charge in [-0.15, -0.1) is 0 Å². The molecule has 0 spiro atoms. The van der Waals surface area contributed by atoms with Gasteiger partial charge in [0, 0.05) is 28.7 Å². The molecule has 1 unspecified atom stereocenters. The van der Waals surface area contributed by atoms with E-state index in [9.17, 15) is 9.90 Å². The number of fused-ring (bicyclic) bond motifs is 2. The molecule has 0 saturated heterocycles. The molecule has 2 heterocycles. The first-order chi connectivity index (χ1) is 12.5. The standard InChI is InChI=1S/C22H22O4/c1-3-4-15-5-6-16-11-22(24,26-20(16)9-15)18-7-8-19-14(2)17(12-23)13-25-21(19)10-18/h5-10,12,24H,3-4,11,13H2,1-2H3.